The third-order valence-electron chi connectivity index (χ3n) is 6.79. The van der Waals surface area contributed by atoms with Crippen LogP contribution < -0.4 is 10.9 Å². The first-order valence-electron chi connectivity index (χ1n) is 13.0. The van der Waals surface area contributed by atoms with Gasteiger partial charge in [0.05, 0.1) is 16.6 Å². The van der Waals surface area contributed by atoms with Gasteiger partial charge in [-0.3, -0.25) is 19.1 Å². The molecule has 6 nitrogen and oxygen atoms in total. The first kappa shape index (κ1) is 26.1. The molecule has 0 bridgehead atoms. The van der Waals surface area contributed by atoms with Gasteiger partial charge in [0.1, 0.15) is 5.82 Å². The van der Waals surface area contributed by atoms with Crippen molar-refractivity contribution in [1.82, 2.24) is 19.8 Å². The van der Waals surface area contributed by atoms with Crippen LogP contribution in [0.2, 0.25) is 0 Å². The Bertz CT molecular complexity index is 1450. The second-order valence-electron chi connectivity index (χ2n) is 9.59. The largest absolute Gasteiger partial charge is 0.353 e. The lowest BCUT2D eigenvalue weighted by molar-refractivity contribution is -0.122. The maximum Gasteiger partial charge on any atom is 0.266 e. The molecule has 4 aromatic rings. The van der Waals surface area contributed by atoms with Crippen LogP contribution in [0.4, 0.5) is 4.39 Å². The van der Waals surface area contributed by atoms with Crippen LogP contribution in [0.25, 0.3) is 16.6 Å². The van der Waals surface area contributed by atoms with Crippen molar-refractivity contribution in [3.8, 4) is 5.69 Å². The predicted octanol–water partition coefficient (Wildman–Crippen LogP) is 5.18. The normalized spacial score (nSPS) is 14.6. The summed E-state index contributed by atoms with van der Waals surface area (Å²) in [6.45, 7) is 2.89. The van der Waals surface area contributed by atoms with E-state index in [2.05, 4.69) is 39.5 Å². The van der Waals surface area contributed by atoms with Gasteiger partial charge in [-0.25, -0.2) is 9.37 Å². The predicted molar refractivity (Wildman–Crippen MR) is 150 cm³/mol. The highest BCUT2D eigenvalue weighted by molar-refractivity contribution is 7.99. The topological polar surface area (TPSA) is 67.2 Å². The zero-order chi connectivity index (χ0) is 26.3. The number of likely N-dealkylation sites (tertiary alicyclic amines) is 1. The van der Waals surface area contributed by atoms with E-state index < -0.39 is 5.82 Å². The quantitative estimate of drug-likeness (QED) is 0.184. The number of carbonyl (C=O) groups is 1. The summed E-state index contributed by atoms with van der Waals surface area (Å²) in [7, 11) is 0. The SMILES string of the molecule is O=C(CCCSc1nc2ccccc2c(=O)n1-c1cccc(F)c1)NC1CCN(Cc2ccccc2)CC1. The van der Waals surface area contributed by atoms with Gasteiger partial charge in [0.2, 0.25) is 5.91 Å². The number of fused-ring (bicyclic) bond motifs is 1. The van der Waals surface area contributed by atoms with Crippen LogP contribution in [0, 0.1) is 5.82 Å². The second kappa shape index (κ2) is 12.4. The smallest absolute Gasteiger partial charge is 0.266 e. The fourth-order valence-corrected chi connectivity index (χ4v) is 5.78. The summed E-state index contributed by atoms with van der Waals surface area (Å²) >= 11 is 1.41. The zero-order valence-electron chi connectivity index (χ0n) is 21.2. The molecular formula is C30H31FN4O2S. The summed E-state index contributed by atoms with van der Waals surface area (Å²) in [6.07, 6.45) is 2.96. The standard InChI is InChI=1S/C30H31FN4O2S/c31-23-10-6-11-25(20-23)35-29(37)26-12-4-5-13-27(26)33-30(35)38-19-7-14-28(36)32-24-15-17-34(18-16-24)21-22-8-2-1-3-9-22/h1-6,8-13,20,24H,7,14-19,21H2,(H,32,36). The first-order valence-corrected chi connectivity index (χ1v) is 14.0. The molecule has 1 aliphatic rings. The van der Waals surface area contributed by atoms with Gasteiger partial charge in [-0.15, -0.1) is 0 Å². The highest BCUT2D eigenvalue weighted by Gasteiger charge is 2.21. The summed E-state index contributed by atoms with van der Waals surface area (Å²) < 4.78 is 15.4. The molecule has 1 N–H and O–H groups in total. The van der Waals surface area contributed by atoms with Crippen LogP contribution in [-0.2, 0) is 11.3 Å². The lowest BCUT2D eigenvalue weighted by Gasteiger charge is -2.32. The van der Waals surface area contributed by atoms with Crippen molar-refractivity contribution < 1.29 is 9.18 Å². The molecule has 0 aliphatic carbocycles. The van der Waals surface area contributed by atoms with Gasteiger partial charge in [0.15, 0.2) is 5.16 Å². The molecule has 1 amide bonds. The number of para-hydroxylation sites is 1. The van der Waals surface area contributed by atoms with Crippen molar-refractivity contribution in [3.63, 3.8) is 0 Å². The summed E-state index contributed by atoms with van der Waals surface area (Å²) in [5, 5.41) is 4.16. The van der Waals surface area contributed by atoms with Gasteiger partial charge >= 0.3 is 0 Å². The maximum atomic E-state index is 13.9. The van der Waals surface area contributed by atoms with E-state index in [-0.39, 0.29) is 17.5 Å². The highest BCUT2D eigenvalue weighted by atomic mass is 32.2. The number of carbonyl (C=O) groups excluding carboxylic acids is 1. The van der Waals surface area contributed by atoms with Gasteiger partial charge in [-0.2, -0.15) is 0 Å². The number of halogens is 1. The van der Waals surface area contributed by atoms with E-state index in [0.29, 0.717) is 40.3 Å². The Balaban J connectivity index is 1.14. The Morgan fingerprint density at radius 3 is 2.55 bits per heavy atom. The number of amides is 1. The van der Waals surface area contributed by atoms with Crippen LogP contribution in [0.3, 0.4) is 0 Å². The molecule has 38 heavy (non-hydrogen) atoms. The lowest BCUT2D eigenvalue weighted by atomic mass is 10.0. The number of rotatable bonds is 9. The molecule has 8 heteroatoms. The zero-order valence-corrected chi connectivity index (χ0v) is 22.0. The van der Waals surface area contributed by atoms with Gasteiger partial charge in [-0.05, 0) is 55.2 Å². The fourth-order valence-electron chi connectivity index (χ4n) is 4.83. The minimum absolute atomic E-state index is 0.0566. The number of nitrogens with zero attached hydrogens (tertiary/aromatic N) is 3. The third-order valence-corrected chi connectivity index (χ3v) is 7.82. The molecule has 196 valence electrons. The Morgan fingerprint density at radius 2 is 1.76 bits per heavy atom. The van der Waals surface area contributed by atoms with Crippen molar-refractivity contribution in [3.05, 3.63) is 101 Å². The maximum absolute atomic E-state index is 13.9. The Morgan fingerprint density at radius 1 is 1.00 bits per heavy atom. The number of nitrogens with one attached hydrogen (secondary N) is 1. The summed E-state index contributed by atoms with van der Waals surface area (Å²) in [5.41, 5.74) is 2.12. The summed E-state index contributed by atoms with van der Waals surface area (Å²) in [4.78, 5) is 33.0. The Labute approximate surface area is 225 Å². The van der Waals surface area contributed by atoms with Crippen molar-refractivity contribution >= 4 is 28.6 Å². The molecule has 0 radical (unpaired) electrons. The molecule has 2 heterocycles. The highest BCUT2D eigenvalue weighted by Crippen LogP contribution is 2.23. The van der Waals surface area contributed by atoms with Gasteiger partial charge in [0.25, 0.3) is 5.56 Å². The number of hydrogen-bond acceptors (Lipinski definition) is 5. The van der Waals surface area contributed by atoms with E-state index in [1.165, 1.54) is 34.0 Å². The van der Waals surface area contributed by atoms with Crippen LogP contribution >= 0.6 is 11.8 Å². The molecule has 1 aromatic heterocycles. The molecule has 0 spiro atoms. The van der Waals surface area contributed by atoms with Crippen molar-refractivity contribution in [2.24, 2.45) is 0 Å². The van der Waals surface area contributed by atoms with Crippen molar-refractivity contribution in [2.75, 3.05) is 18.8 Å². The van der Waals surface area contributed by atoms with Crippen molar-refractivity contribution in [2.45, 2.75) is 43.4 Å². The summed E-state index contributed by atoms with van der Waals surface area (Å²) in [6, 6.07) is 23.8. The second-order valence-corrected chi connectivity index (χ2v) is 10.6. The van der Waals surface area contributed by atoms with Crippen LogP contribution in [0.1, 0.15) is 31.2 Å². The fraction of sp³-hybridized carbons (Fsp3) is 0.300. The molecule has 1 fully saturated rings. The van der Waals surface area contributed by atoms with Crippen LogP contribution in [-0.4, -0.2) is 45.2 Å². The number of aromatic nitrogens is 2. The van der Waals surface area contributed by atoms with Crippen LogP contribution in [0.5, 0.6) is 0 Å². The van der Waals surface area contributed by atoms with Gasteiger partial charge < -0.3 is 5.32 Å². The molecule has 3 aromatic carbocycles. The number of piperidine rings is 1. The van der Waals surface area contributed by atoms with E-state index in [4.69, 9.17) is 0 Å². The number of benzene rings is 3. The Kier molecular flexibility index (Phi) is 8.51. The minimum Gasteiger partial charge on any atom is -0.353 e. The molecule has 1 saturated heterocycles. The van der Waals surface area contributed by atoms with E-state index in [1.807, 2.05) is 12.1 Å². The molecule has 1 aliphatic heterocycles. The van der Waals surface area contributed by atoms with E-state index in [9.17, 15) is 14.0 Å². The lowest BCUT2D eigenvalue weighted by Crippen LogP contribution is -2.44. The third kappa shape index (κ3) is 6.49. The van der Waals surface area contributed by atoms with E-state index >= 15 is 0 Å². The molecular weight excluding hydrogens is 499 g/mol. The molecule has 0 saturated carbocycles. The van der Waals surface area contributed by atoms with E-state index in [0.717, 1.165) is 32.5 Å². The van der Waals surface area contributed by atoms with Gasteiger partial charge in [0, 0.05) is 37.8 Å². The summed E-state index contributed by atoms with van der Waals surface area (Å²) in [5.74, 6) is 0.255. The number of hydrogen-bond donors (Lipinski definition) is 1. The monoisotopic (exact) mass is 530 g/mol. The van der Waals surface area contributed by atoms with Gasteiger partial charge in [-0.1, -0.05) is 60.3 Å². The van der Waals surface area contributed by atoms with E-state index in [1.54, 1.807) is 30.3 Å². The molecule has 0 atom stereocenters. The average molecular weight is 531 g/mol. The van der Waals surface area contributed by atoms with Crippen molar-refractivity contribution in [1.29, 1.82) is 0 Å². The number of thioether (sulfide) groups is 1. The Hall–Kier alpha value is -3.49. The first-order chi connectivity index (χ1) is 18.6. The molecule has 5 rings (SSSR count). The minimum atomic E-state index is -0.416. The average Bonchev–Trinajstić information content (AvgIpc) is 2.93. The molecule has 0 unspecified atom stereocenters. The van der Waals surface area contributed by atoms with Crippen LogP contribution in [0.15, 0.2) is 88.8 Å².